The van der Waals surface area contributed by atoms with Crippen molar-refractivity contribution < 1.29 is 13.5 Å². The Balaban J connectivity index is 2.38. The Kier molecular flexibility index (Phi) is 5.85. The topological polar surface area (TPSA) is 69.6 Å². The van der Waals surface area contributed by atoms with E-state index in [1.54, 1.807) is 0 Å². The fourth-order valence-electron chi connectivity index (χ4n) is 2.26. The van der Waals surface area contributed by atoms with Crippen molar-refractivity contribution in [2.75, 3.05) is 26.7 Å². The molecule has 6 heteroatoms. The van der Waals surface area contributed by atoms with Gasteiger partial charge >= 0.3 is 0 Å². The van der Waals surface area contributed by atoms with E-state index < -0.39 is 10.2 Å². The lowest BCUT2D eigenvalue weighted by Crippen LogP contribution is -2.41. The summed E-state index contributed by atoms with van der Waals surface area (Å²) in [5, 5.41) is 8.68. The molecule has 1 fully saturated rings. The first kappa shape index (κ1) is 14.9. The highest BCUT2D eigenvalue weighted by Gasteiger charge is 2.25. The molecule has 0 bridgehead atoms. The van der Waals surface area contributed by atoms with Crippen LogP contribution in [-0.2, 0) is 10.2 Å². The highest BCUT2D eigenvalue weighted by Crippen LogP contribution is 2.30. The van der Waals surface area contributed by atoms with Crippen molar-refractivity contribution in [1.29, 1.82) is 0 Å². The second-order valence-corrected chi connectivity index (χ2v) is 6.78. The Morgan fingerprint density at radius 2 is 2.12 bits per heavy atom. The maximum atomic E-state index is 11.8. The molecule has 0 saturated heterocycles. The van der Waals surface area contributed by atoms with E-state index in [-0.39, 0.29) is 6.61 Å². The molecule has 0 amide bonds. The molecule has 1 saturated carbocycles. The SMILES string of the molecule is CC1CCCC1CNS(=O)(=O)N(C)CCCO. The van der Waals surface area contributed by atoms with Crippen LogP contribution in [0.1, 0.15) is 32.6 Å². The first-order valence-electron chi connectivity index (χ1n) is 6.29. The fourth-order valence-corrected chi connectivity index (χ4v) is 3.28. The number of hydrogen-bond acceptors (Lipinski definition) is 3. The minimum absolute atomic E-state index is 0.0134. The summed E-state index contributed by atoms with van der Waals surface area (Å²) >= 11 is 0. The van der Waals surface area contributed by atoms with Gasteiger partial charge in [-0.25, -0.2) is 4.72 Å². The first-order valence-corrected chi connectivity index (χ1v) is 7.73. The minimum Gasteiger partial charge on any atom is -0.396 e. The lowest BCUT2D eigenvalue weighted by atomic mass is 9.99. The first-order chi connectivity index (χ1) is 7.97. The summed E-state index contributed by atoms with van der Waals surface area (Å²) in [5.74, 6) is 1.08. The third kappa shape index (κ3) is 4.54. The van der Waals surface area contributed by atoms with Crippen LogP contribution in [0.25, 0.3) is 0 Å². The molecule has 0 spiro atoms. The van der Waals surface area contributed by atoms with Gasteiger partial charge in [0.1, 0.15) is 0 Å². The van der Waals surface area contributed by atoms with Crippen molar-refractivity contribution in [3.63, 3.8) is 0 Å². The molecule has 1 aliphatic carbocycles. The number of aliphatic hydroxyl groups excluding tert-OH is 1. The fraction of sp³-hybridized carbons (Fsp3) is 1.00. The quantitative estimate of drug-likeness (QED) is 0.706. The van der Waals surface area contributed by atoms with Gasteiger partial charge in [-0.15, -0.1) is 0 Å². The van der Waals surface area contributed by atoms with E-state index in [1.165, 1.54) is 24.2 Å². The van der Waals surface area contributed by atoms with Crippen LogP contribution in [0.3, 0.4) is 0 Å². The predicted octanol–water partition coefficient (Wildman–Crippen LogP) is 0.571. The summed E-state index contributed by atoms with van der Waals surface area (Å²) in [5.41, 5.74) is 0. The van der Waals surface area contributed by atoms with E-state index in [9.17, 15) is 8.42 Å². The number of rotatable bonds is 7. The van der Waals surface area contributed by atoms with Gasteiger partial charge in [-0.05, 0) is 24.7 Å². The van der Waals surface area contributed by atoms with Crippen LogP contribution >= 0.6 is 0 Å². The molecule has 2 unspecified atom stereocenters. The maximum absolute atomic E-state index is 11.8. The minimum atomic E-state index is -3.37. The average Bonchev–Trinajstić information content (AvgIpc) is 2.69. The van der Waals surface area contributed by atoms with Crippen LogP contribution in [0.5, 0.6) is 0 Å². The van der Waals surface area contributed by atoms with E-state index >= 15 is 0 Å². The summed E-state index contributed by atoms with van der Waals surface area (Å²) in [6.45, 7) is 3.08. The molecule has 17 heavy (non-hydrogen) atoms. The van der Waals surface area contributed by atoms with Crippen LogP contribution in [0.15, 0.2) is 0 Å². The zero-order chi connectivity index (χ0) is 12.9. The Morgan fingerprint density at radius 3 is 2.65 bits per heavy atom. The number of aliphatic hydroxyl groups is 1. The molecule has 0 aliphatic heterocycles. The second-order valence-electron chi connectivity index (χ2n) is 4.92. The summed E-state index contributed by atoms with van der Waals surface area (Å²) in [6.07, 6.45) is 3.99. The van der Waals surface area contributed by atoms with Crippen LogP contribution < -0.4 is 4.72 Å². The normalized spacial score (nSPS) is 25.6. The lowest BCUT2D eigenvalue weighted by molar-refractivity contribution is 0.275. The van der Waals surface area contributed by atoms with Crippen LogP contribution in [0.4, 0.5) is 0 Å². The zero-order valence-corrected chi connectivity index (χ0v) is 11.5. The number of hydrogen-bond donors (Lipinski definition) is 2. The molecule has 0 aromatic carbocycles. The molecule has 0 aromatic rings. The van der Waals surface area contributed by atoms with E-state index in [1.807, 2.05) is 0 Å². The summed E-state index contributed by atoms with van der Waals surface area (Å²) in [7, 11) is -1.83. The van der Waals surface area contributed by atoms with Gasteiger partial charge in [0.15, 0.2) is 0 Å². The highest BCUT2D eigenvalue weighted by molar-refractivity contribution is 7.87. The van der Waals surface area contributed by atoms with Crippen LogP contribution in [0.2, 0.25) is 0 Å². The zero-order valence-electron chi connectivity index (χ0n) is 10.7. The van der Waals surface area contributed by atoms with Crippen molar-refractivity contribution in [1.82, 2.24) is 9.03 Å². The van der Waals surface area contributed by atoms with Crippen LogP contribution in [0, 0.1) is 11.8 Å². The average molecular weight is 264 g/mol. The third-order valence-electron chi connectivity index (χ3n) is 3.61. The largest absolute Gasteiger partial charge is 0.396 e. The van der Waals surface area contributed by atoms with E-state index in [2.05, 4.69) is 11.6 Å². The molecule has 0 heterocycles. The van der Waals surface area contributed by atoms with Crippen molar-refractivity contribution in [3.05, 3.63) is 0 Å². The van der Waals surface area contributed by atoms with Gasteiger partial charge in [0.2, 0.25) is 0 Å². The van der Waals surface area contributed by atoms with Gasteiger partial charge in [0.05, 0.1) is 0 Å². The third-order valence-corrected chi connectivity index (χ3v) is 5.14. The molecule has 2 atom stereocenters. The lowest BCUT2D eigenvalue weighted by Gasteiger charge is -2.20. The Labute approximate surface area is 104 Å². The molecule has 2 N–H and O–H groups in total. The smallest absolute Gasteiger partial charge is 0.279 e. The van der Waals surface area contributed by atoms with Crippen LogP contribution in [-0.4, -0.2) is 44.6 Å². The second kappa shape index (κ2) is 6.68. The molecule has 1 rings (SSSR count). The summed E-state index contributed by atoms with van der Waals surface area (Å²) in [6, 6.07) is 0. The number of nitrogens with zero attached hydrogens (tertiary/aromatic N) is 1. The van der Waals surface area contributed by atoms with Gasteiger partial charge in [0, 0.05) is 26.7 Å². The maximum Gasteiger partial charge on any atom is 0.279 e. The summed E-state index contributed by atoms with van der Waals surface area (Å²) < 4.78 is 27.6. The monoisotopic (exact) mass is 264 g/mol. The Morgan fingerprint density at radius 1 is 1.41 bits per heavy atom. The molecule has 5 nitrogen and oxygen atoms in total. The van der Waals surface area contributed by atoms with Gasteiger partial charge in [-0.3, -0.25) is 0 Å². The van der Waals surface area contributed by atoms with Gasteiger partial charge in [-0.2, -0.15) is 12.7 Å². The molecule has 102 valence electrons. The van der Waals surface area contributed by atoms with Gasteiger partial charge in [0.25, 0.3) is 10.2 Å². The summed E-state index contributed by atoms with van der Waals surface area (Å²) in [4.78, 5) is 0. The Hall–Kier alpha value is -0.170. The standard InChI is InChI=1S/C11H24N2O3S/c1-10-5-3-6-11(10)9-12-17(15,16)13(2)7-4-8-14/h10-12,14H,3-9H2,1-2H3. The van der Waals surface area contributed by atoms with E-state index in [4.69, 9.17) is 5.11 Å². The number of nitrogens with one attached hydrogen (secondary N) is 1. The Bertz CT molecular complexity index is 319. The molecular formula is C11H24N2O3S. The highest BCUT2D eigenvalue weighted by atomic mass is 32.2. The van der Waals surface area contributed by atoms with Crippen molar-refractivity contribution in [2.24, 2.45) is 11.8 Å². The van der Waals surface area contributed by atoms with Gasteiger partial charge < -0.3 is 5.11 Å². The van der Waals surface area contributed by atoms with E-state index in [0.29, 0.717) is 31.3 Å². The van der Waals surface area contributed by atoms with E-state index in [0.717, 1.165) is 6.42 Å². The molecule has 0 radical (unpaired) electrons. The van der Waals surface area contributed by atoms with Crippen molar-refractivity contribution in [2.45, 2.75) is 32.6 Å². The molecular weight excluding hydrogens is 240 g/mol. The van der Waals surface area contributed by atoms with Crippen molar-refractivity contribution in [3.8, 4) is 0 Å². The molecule has 0 aromatic heterocycles. The molecule has 1 aliphatic rings. The van der Waals surface area contributed by atoms with Crippen molar-refractivity contribution >= 4 is 10.2 Å². The predicted molar refractivity (Wildman–Crippen MR) is 67.8 cm³/mol. The van der Waals surface area contributed by atoms with Gasteiger partial charge in [-0.1, -0.05) is 19.8 Å².